The van der Waals surface area contributed by atoms with Gasteiger partial charge in [-0.3, -0.25) is 0 Å². The van der Waals surface area contributed by atoms with E-state index in [4.69, 9.17) is 4.74 Å². The second kappa shape index (κ2) is 9.78. The van der Waals surface area contributed by atoms with Crippen LogP contribution < -0.4 is 10.2 Å². The van der Waals surface area contributed by atoms with Crippen molar-refractivity contribution >= 4 is 17.7 Å². The van der Waals surface area contributed by atoms with E-state index < -0.39 is 0 Å². The predicted octanol–water partition coefficient (Wildman–Crippen LogP) is 2.94. The van der Waals surface area contributed by atoms with E-state index in [0.29, 0.717) is 25.2 Å². The van der Waals surface area contributed by atoms with E-state index >= 15 is 0 Å². The second-order valence-electron chi connectivity index (χ2n) is 6.84. The van der Waals surface area contributed by atoms with Crippen molar-refractivity contribution < 1.29 is 14.3 Å². The van der Waals surface area contributed by atoms with Gasteiger partial charge in [-0.25, -0.2) is 9.59 Å². The number of nitrogens with one attached hydrogen (secondary N) is 1. The van der Waals surface area contributed by atoms with Crippen LogP contribution in [0.4, 0.5) is 10.5 Å². The molecule has 6 nitrogen and oxygen atoms in total. The van der Waals surface area contributed by atoms with E-state index in [1.54, 1.807) is 6.07 Å². The number of carbonyl (C=O) groups is 2. The van der Waals surface area contributed by atoms with Crippen molar-refractivity contribution in [1.82, 2.24) is 10.2 Å². The number of nitrogens with zero attached hydrogens (tertiary/aromatic N) is 2. The number of hydrogen-bond acceptors (Lipinski definition) is 4. The standard InChI is InChI=1S/C22H27N3O3/c1-28-21(26)19-10-5-11-20(17-19)24-13-15-25(16-14-24)22(27)23-12-6-9-18-7-3-2-4-8-18/h2-5,7-8,10-11,17H,6,9,12-16H2,1H3,(H,23,27). The number of aryl methyl sites for hydroxylation is 1. The summed E-state index contributed by atoms with van der Waals surface area (Å²) in [5.74, 6) is -0.338. The van der Waals surface area contributed by atoms with Crippen molar-refractivity contribution in [1.29, 1.82) is 0 Å². The molecule has 0 unspecified atom stereocenters. The first-order valence-electron chi connectivity index (χ1n) is 9.67. The lowest BCUT2D eigenvalue weighted by Crippen LogP contribution is -2.52. The number of benzene rings is 2. The molecule has 0 spiro atoms. The van der Waals surface area contributed by atoms with Gasteiger partial charge < -0.3 is 19.9 Å². The molecule has 1 aliphatic heterocycles. The first-order chi connectivity index (χ1) is 13.7. The number of amides is 2. The summed E-state index contributed by atoms with van der Waals surface area (Å²) in [7, 11) is 1.38. The average Bonchev–Trinajstić information content (AvgIpc) is 2.77. The molecule has 3 rings (SSSR count). The van der Waals surface area contributed by atoms with Gasteiger partial charge in [-0.05, 0) is 36.6 Å². The summed E-state index contributed by atoms with van der Waals surface area (Å²) >= 11 is 0. The zero-order valence-electron chi connectivity index (χ0n) is 16.3. The first kappa shape index (κ1) is 19.7. The van der Waals surface area contributed by atoms with Gasteiger partial charge in [0.05, 0.1) is 12.7 Å². The largest absolute Gasteiger partial charge is 0.465 e. The highest BCUT2D eigenvalue weighted by Crippen LogP contribution is 2.18. The maximum atomic E-state index is 12.4. The molecule has 1 saturated heterocycles. The van der Waals surface area contributed by atoms with Crippen LogP contribution in [0.1, 0.15) is 22.3 Å². The summed E-state index contributed by atoms with van der Waals surface area (Å²) in [6.45, 7) is 3.47. The molecule has 0 radical (unpaired) electrons. The SMILES string of the molecule is COC(=O)c1cccc(N2CCN(C(=O)NCCCc3ccccc3)CC2)c1. The van der Waals surface area contributed by atoms with Crippen molar-refractivity contribution in [3.8, 4) is 0 Å². The zero-order chi connectivity index (χ0) is 19.8. The zero-order valence-corrected chi connectivity index (χ0v) is 16.3. The third-order valence-corrected chi connectivity index (χ3v) is 4.96. The van der Waals surface area contributed by atoms with Crippen molar-refractivity contribution in [2.24, 2.45) is 0 Å². The molecule has 0 saturated carbocycles. The quantitative estimate of drug-likeness (QED) is 0.617. The maximum absolute atomic E-state index is 12.4. The Morgan fingerprint density at radius 2 is 1.75 bits per heavy atom. The number of carbonyl (C=O) groups excluding carboxylic acids is 2. The summed E-state index contributed by atoms with van der Waals surface area (Å²) in [6, 6.07) is 17.7. The molecule has 0 atom stereocenters. The highest BCUT2D eigenvalue weighted by molar-refractivity contribution is 5.90. The third kappa shape index (κ3) is 5.25. The number of esters is 1. The van der Waals surface area contributed by atoms with Crippen LogP contribution >= 0.6 is 0 Å². The Morgan fingerprint density at radius 3 is 2.46 bits per heavy atom. The highest BCUT2D eigenvalue weighted by Gasteiger charge is 2.21. The summed E-state index contributed by atoms with van der Waals surface area (Å²) < 4.78 is 4.78. The fraction of sp³-hybridized carbons (Fsp3) is 0.364. The minimum absolute atomic E-state index is 0.00368. The van der Waals surface area contributed by atoms with Gasteiger partial charge >= 0.3 is 12.0 Å². The lowest BCUT2D eigenvalue weighted by atomic mass is 10.1. The average molecular weight is 381 g/mol. The fourth-order valence-corrected chi connectivity index (χ4v) is 3.36. The van der Waals surface area contributed by atoms with Crippen LogP contribution in [0, 0.1) is 0 Å². The van der Waals surface area contributed by atoms with Gasteiger partial charge in [-0.2, -0.15) is 0 Å². The summed E-state index contributed by atoms with van der Waals surface area (Å²) in [5, 5.41) is 3.02. The van der Waals surface area contributed by atoms with Crippen molar-refractivity contribution in [2.75, 3.05) is 44.7 Å². The minimum atomic E-state index is -0.338. The molecule has 2 amide bonds. The van der Waals surface area contributed by atoms with Crippen molar-refractivity contribution in [3.05, 3.63) is 65.7 Å². The predicted molar refractivity (Wildman–Crippen MR) is 110 cm³/mol. The van der Waals surface area contributed by atoms with E-state index in [2.05, 4.69) is 22.3 Å². The van der Waals surface area contributed by atoms with Gasteiger partial charge in [0.25, 0.3) is 0 Å². The van der Waals surface area contributed by atoms with Gasteiger partial charge in [-0.1, -0.05) is 36.4 Å². The molecule has 2 aromatic carbocycles. The molecule has 1 N–H and O–H groups in total. The highest BCUT2D eigenvalue weighted by atomic mass is 16.5. The molecule has 0 bridgehead atoms. The Balaban J connectivity index is 1.42. The van der Waals surface area contributed by atoms with Crippen LogP contribution in [0.2, 0.25) is 0 Å². The third-order valence-electron chi connectivity index (χ3n) is 4.96. The normalized spacial score (nSPS) is 13.9. The van der Waals surface area contributed by atoms with Crippen LogP contribution in [0.3, 0.4) is 0 Å². The Morgan fingerprint density at radius 1 is 1.00 bits per heavy atom. The van der Waals surface area contributed by atoms with E-state index in [0.717, 1.165) is 31.6 Å². The Labute approximate surface area is 166 Å². The number of methoxy groups -OCH3 is 1. The van der Waals surface area contributed by atoms with Crippen molar-refractivity contribution in [3.63, 3.8) is 0 Å². The number of anilines is 1. The summed E-state index contributed by atoms with van der Waals surface area (Å²) in [6.07, 6.45) is 1.89. The van der Waals surface area contributed by atoms with Gasteiger partial charge in [0.15, 0.2) is 0 Å². The Bertz CT molecular complexity index is 787. The number of piperazine rings is 1. The molecular formula is C22H27N3O3. The van der Waals surface area contributed by atoms with Gasteiger partial charge in [-0.15, -0.1) is 0 Å². The van der Waals surface area contributed by atoms with E-state index in [9.17, 15) is 9.59 Å². The molecule has 1 fully saturated rings. The van der Waals surface area contributed by atoms with E-state index in [-0.39, 0.29) is 12.0 Å². The fourth-order valence-electron chi connectivity index (χ4n) is 3.36. The first-order valence-corrected chi connectivity index (χ1v) is 9.67. The molecule has 1 aliphatic rings. The van der Waals surface area contributed by atoms with Crippen LogP contribution in [0.15, 0.2) is 54.6 Å². The van der Waals surface area contributed by atoms with E-state index in [1.807, 2.05) is 41.3 Å². The molecular weight excluding hydrogens is 354 g/mol. The Hall–Kier alpha value is -3.02. The van der Waals surface area contributed by atoms with Crippen LogP contribution in [-0.2, 0) is 11.2 Å². The molecule has 0 aliphatic carbocycles. The van der Waals surface area contributed by atoms with Crippen LogP contribution in [0.5, 0.6) is 0 Å². The van der Waals surface area contributed by atoms with Crippen LogP contribution in [0.25, 0.3) is 0 Å². The summed E-state index contributed by atoms with van der Waals surface area (Å²) in [4.78, 5) is 28.1. The number of ether oxygens (including phenoxy) is 1. The van der Waals surface area contributed by atoms with Gasteiger partial charge in [0.2, 0.25) is 0 Å². The van der Waals surface area contributed by atoms with Gasteiger partial charge in [0.1, 0.15) is 0 Å². The lowest BCUT2D eigenvalue weighted by Gasteiger charge is -2.36. The number of hydrogen-bond donors (Lipinski definition) is 1. The number of rotatable bonds is 6. The molecule has 28 heavy (non-hydrogen) atoms. The molecule has 148 valence electrons. The van der Waals surface area contributed by atoms with Gasteiger partial charge in [0, 0.05) is 38.4 Å². The molecule has 6 heteroatoms. The second-order valence-corrected chi connectivity index (χ2v) is 6.84. The lowest BCUT2D eigenvalue weighted by molar-refractivity contribution is 0.0600. The number of urea groups is 1. The smallest absolute Gasteiger partial charge is 0.337 e. The topological polar surface area (TPSA) is 61.9 Å². The molecule has 2 aromatic rings. The van der Waals surface area contributed by atoms with E-state index in [1.165, 1.54) is 12.7 Å². The molecule has 1 heterocycles. The van der Waals surface area contributed by atoms with Crippen LogP contribution in [-0.4, -0.2) is 56.7 Å². The Kier molecular flexibility index (Phi) is 6.89. The molecule has 0 aromatic heterocycles. The summed E-state index contributed by atoms with van der Waals surface area (Å²) in [5.41, 5.74) is 2.81. The monoisotopic (exact) mass is 381 g/mol. The minimum Gasteiger partial charge on any atom is -0.465 e. The van der Waals surface area contributed by atoms with Crippen molar-refractivity contribution in [2.45, 2.75) is 12.8 Å². The maximum Gasteiger partial charge on any atom is 0.337 e.